The minimum Gasteiger partial charge on any atom is -0.412 e. The molecule has 0 heterocycles. The molecule has 24 heavy (non-hydrogen) atoms. The lowest BCUT2D eigenvalue weighted by atomic mass is 9.97. The van der Waals surface area contributed by atoms with Crippen LogP contribution in [0.2, 0.25) is 0 Å². The first kappa shape index (κ1) is 16.7. The Labute approximate surface area is 147 Å². The van der Waals surface area contributed by atoms with E-state index in [2.05, 4.69) is 86.6 Å². The van der Waals surface area contributed by atoms with Crippen LogP contribution in [-0.2, 0) is 11.0 Å². The molecule has 0 bridgehead atoms. The maximum atomic E-state index is 6.13. The Balaban J connectivity index is 1.83. The van der Waals surface area contributed by atoms with Gasteiger partial charge in [0.2, 0.25) is 9.76 Å². The van der Waals surface area contributed by atoms with Gasteiger partial charge in [-0.2, -0.15) is 0 Å². The number of benzene rings is 3. The van der Waals surface area contributed by atoms with Crippen molar-refractivity contribution in [2.45, 2.75) is 26.0 Å². The number of rotatable bonds is 6. The number of aryl methyl sites for hydroxylation is 2. The Kier molecular flexibility index (Phi) is 5.62. The smallest absolute Gasteiger partial charge is 0.243 e. The van der Waals surface area contributed by atoms with Crippen molar-refractivity contribution in [3.63, 3.8) is 0 Å². The minimum absolute atomic E-state index is 0.288. The molecular formula is C22H22OSi. The summed E-state index contributed by atoms with van der Waals surface area (Å²) in [5, 5.41) is 0. The van der Waals surface area contributed by atoms with E-state index in [0.717, 1.165) is 0 Å². The van der Waals surface area contributed by atoms with Crippen molar-refractivity contribution in [2.75, 3.05) is 0 Å². The highest BCUT2D eigenvalue weighted by Gasteiger charge is 2.20. The third-order valence-electron chi connectivity index (χ3n) is 4.28. The second-order valence-corrected chi connectivity index (χ2v) is 7.14. The van der Waals surface area contributed by atoms with Crippen LogP contribution in [0.15, 0.2) is 78.9 Å². The van der Waals surface area contributed by atoms with Crippen molar-refractivity contribution in [1.82, 2.24) is 0 Å². The molecule has 0 amide bonds. The highest BCUT2D eigenvalue weighted by molar-refractivity contribution is 6.31. The molecule has 0 N–H and O–H groups in total. The van der Waals surface area contributed by atoms with Crippen LogP contribution < -0.4 is 0 Å². The van der Waals surface area contributed by atoms with Crippen molar-refractivity contribution in [3.8, 4) is 0 Å². The zero-order valence-corrected chi connectivity index (χ0v) is 15.2. The molecule has 0 fully saturated rings. The summed E-state index contributed by atoms with van der Waals surface area (Å²) < 4.78 is 6.13. The summed E-state index contributed by atoms with van der Waals surface area (Å²) in [7, 11) is 0.397. The fourth-order valence-electron chi connectivity index (χ4n) is 2.90. The maximum absolute atomic E-state index is 6.13. The second-order valence-electron chi connectivity index (χ2n) is 6.04. The molecule has 120 valence electrons. The highest BCUT2D eigenvalue weighted by Crippen LogP contribution is 2.28. The van der Waals surface area contributed by atoms with E-state index >= 15 is 0 Å². The van der Waals surface area contributed by atoms with Crippen LogP contribution in [0.5, 0.6) is 0 Å². The van der Waals surface area contributed by atoms with E-state index < -0.39 is 0 Å². The standard InChI is InChI=1S/C22H22OSi/c1-17-10-6-8-14-20(17)22(21-15-9-7-11-18(21)2)24-23-16-19-12-4-3-5-13-19/h3-15,22H,16H2,1-2H3. The van der Waals surface area contributed by atoms with Gasteiger partial charge in [-0.15, -0.1) is 0 Å². The largest absolute Gasteiger partial charge is 0.412 e. The molecule has 2 heteroatoms. The van der Waals surface area contributed by atoms with Crippen LogP contribution in [-0.4, -0.2) is 9.76 Å². The van der Waals surface area contributed by atoms with E-state index in [-0.39, 0.29) is 5.54 Å². The average Bonchev–Trinajstić information content (AvgIpc) is 2.61. The summed E-state index contributed by atoms with van der Waals surface area (Å²) >= 11 is 0. The lowest BCUT2D eigenvalue weighted by Gasteiger charge is -2.20. The van der Waals surface area contributed by atoms with Crippen LogP contribution in [0, 0.1) is 13.8 Å². The Bertz CT molecular complexity index is 737. The fraction of sp³-hybridized carbons (Fsp3) is 0.182. The minimum atomic E-state index is 0.288. The molecule has 3 rings (SSSR count). The van der Waals surface area contributed by atoms with Crippen LogP contribution in [0.4, 0.5) is 0 Å². The van der Waals surface area contributed by atoms with Crippen LogP contribution in [0.3, 0.4) is 0 Å². The van der Waals surface area contributed by atoms with Gasteiger partial charge >= 0.3 is 0 Å². The highest BCUT2D eigenvalue weighted by atomic mass is 28.2. The van der Waals surface area contributed by atoms with Gasteiger partial charge in [-0.25, -0.2) is 0 Å². The van der Waals surface area contributed by atoms with Crippen LogP contribution >= 0.6 is 0 Å². The molecule has 0 atom stereocenters. The summed E-state index contributed by atoms with van der Waals surface area (Å²) in [5.74, 6) is 0. The van der Waals surface area contributed by atoms with Crippen LogP contribution in [0.1, 0.15) is 33.4 Å². The summed E-state index contributed by atoms with van der Waals surface area (Å²) in [6.07, 6.45) is 0. The van der Waals surface area contributed by atoms with E-state index in [1.807, 2.05) is 6.07 Å². The van der Waals surface area contributed by atoms with Gasteiger partial charge in [0.25, 0.3) is 0 Å². The van der Waals surface area contributed by atoms with Gasteiger partial charge in [0, 0.05) is 5.54 Å². The maximum Gasteiger partial charge on any atom is 0.243 e. The van der Waals surface area contributed by atoms with Gasteiger partial charge < -0.3 is 4.43 Å². The molecule has 0 saturated heterocycles. The molecule has 0 aliphatic carbocycles. The van der Waals surface area contributed by atoms with E-state index in [4.69, 9.17) is 4.43 Å². The summed E-state index contributed by atoms with van der Waals surface area (Å²) in [6.45, 7) is 5.03. The van der Waals surface area contributed by atoms with Gasteiger partial charge in [0.15, 0.2) is 0 Å². The molecular weight excluding hydrogens is 308 g/mol. The zero-order valence-electron chi connectivity index (χ0n) is 14.2. The molecule has 0 unspecified atom stereocenters. The molecule has 2 radical (unpaired) electrons. The van der Waals surface area contributed by atoms with Gasteiger partial charge in [0.05, 0.1) is 6.61 Å². The SMILES string of the molecule is Cc1ccccc1C([Si]OCc1ccccc1)c1ccccc1C. The molecule has 0 aliphatic heterocycles. The van der Waals surface area contributed by atoms with E-state index in [0.29, 0.717) is 16.4 Å². The van der Waals surface area contributed by atoms with Gasteiger partial charge in [-0.3, -0.25) is 0 Å². The molecule has 0 spiro atoms. The van der Waals surface area contributed by atoms with E-state index in [1.165, 1.54) is 27.8 Å². The summed E-state index contributed by atoms with van der Waals surface area (Å²) in [5.41, 5.74) is 6.87. The normalized spacial score (nSPS) is 11.0. The monoisotopic (exact) mass is 330 g/mol. The zero-order chi connectivity index (χ0) is 16.8. The van der Waals surface area contributed by atoms with Crippen molar-refractivity contribution >= 4 is 9.76 Å². The molecule has 0 aromatic heterocycles. The lowest BCUT2D eigenvalue weighted by molar-refractivity contribution is 0.320. The average molecular weight is 331 g/mol. The van der Waals surface area contributed by atoms with Crippen LogP contribution in [0.25, 0.3) is 0 Å². The molecule has 1 nitrogen and oxygen atoms in total. The topological polar surface area (TPSA) is 9.23 Å². The Morgan fingerprint density at radius 2 is 1.21 bits per heavy atom. The van der Waals surface area contributed by atoms with Gasteiger partial charge in [-0.1, -0.05) is 78.9 Å². The van der Waals surface area contributed by atoms with Crippen molar-refractivity contribution in [2.24, 2.45) is 0 Å². The first-order valence-corrected chi connectivity index (χ1v) is 9.26. The Morgan fingerprint density at radius 3 is 1.75 bits per heavy atom. The Morgan fingerprint density at radius 1 is 0.708 bits per heavy atom. The van der Waals surface area contributed by atoms with E-state index in [1.54, 1.807) is 0 Å². The van der Waals surface area contributed by atoms with Crippen molar-refractivity contribution in [3.05, 3.63) is 107 Å². The molecule has 3 aromatic rings. The van der Waals surface area contributed by atoms with Crippen molar-refractivity contribution in [1.29, 1.82) is 0 Å². The fourth-order valence-corrected chi connectivity index (χ4v) is 4.22. The number of hydrogen-bond donors (Lipinski definition) is 0. The summed E-state index contributed by atoms with van der Waals surface area (Å²) in [4.78, 5) is 0. The lowest BCUT2D eigenvalue weighted by Crippen LogP contribution is -2.16. The van der Waals surface area contributed by atoms with Crippen molar-refractivity contribution < 1.29 is 4.43 Å². The first-order valence-electron chi connectivity index (χ1n) is 8.28. The van der Waals surface area contributed by atoms with Gasteiger partial charge in [-0.05, 0) is 41.7 Å². The third-order valence-corrected chi connectivity index (χ3v) is 5.45. The molecule has 0 aliphatic rings. The molecule has 3 aromatic carbocycles. The molecule has 0 saturated carbocycles. The predicted octanol–water partition coefficient (Wildman–Crippen LogP) is 5.23. The number of hydrogen-bond acceptors (Lipinski definition) is 1. The second kappa shape index (κ2) is 8.09. The quantitative estimate of drug-likeness (QED) is 0.562. The van der Waals surface area contributed by atoms with E-state index in [9.17, 15) is 0 Å². The first-order chi connectivity index (χ1) is 11.8. The van der Waals surface area contributed by atoms with Gasteiger partial charge in [0.1, 0.15) is 0 Å². The third kappa shape index (κ3) is 4.02. The Hall–Kier alpha value is -2.16. The predicted molar refractivity (Wildman–Crippen MR) is 101 cm³/mol. The summed E-state index contributed by atoms with van der Waals surface area (Å²) in [6, 6.07) is 27.6.